The first kappa shape index (κ1) is 24.1. The van der Waals surface area contributed by atoms with Gasteiger partial charge in [0.2, 0.25) is 16.9 Å². The van der Waals surface area contributed by atoms with Crippen molar-refractivity contribution >= 4 is 5.69 Å². The largest absolute Gasteiger partial charge is 0.493 e. The highest BCUT2D eigenvalue weighted by Crippen LogP contribution is 2.42. The number of hydrogen-bond acceptors (Lipinski definition) is 4. The van der Waals surface area contributed by atoms with E-state index in [1.54, 1.807) is 13.2 Å². The molecule has 0 spiro atoms. The Bertz CT molecular complexity index is 598. The van der Waals surface area contributed by atoms with Crippen LogP contribution in [0, 0.1) is 17.2 Å². The standard InChI is InChI=1S/C23H39N2O3/c1-6-10-12-18(8-3)16-27-20-14-21(26-5)23(25-24)22(15-20)28-17-19(9-4)13-11-7-2/h14-15,18-19H,6-13,16-17H2,1-5H3/q+1. The highest BCUT2D eigenvalue weighted by molar-refractivity contribution is 5.69. The maximum absolute atomic E-state index is 9.46. The van der Waals surface area contributed by atoms with Gasteiger partial charge in [-0.2, -0.15) is 0 Å². The normalized spacial score (nSPS) is 12.9. The molecule has 0 fully saturated rings. The second-order valence-corrected chi connectivity index (χ2v) is 7.53. The number of benzene rings is 1. The van der Waals surface area contributed by atoms with Gasteiger partial charge in [0.1, 0.15) is 5.75 Å². The highest BCUT2D eigenvalue weighted by Gasteiger charge is 2.26. The van der Waals surface area contributed by atoms with Crippen molar-refractivity contribution in [2.45, 2.75) is 79.1 Å². The van der Waals surface area contributed by atoms with E-state index in [2.05, 4.69) is 32.7 Å². The van der Waals surface area contributed by atoms with Gasteiger partial charge < -0.3 is 14.2 Å². The lowest BCUT2D eigenvalue weighted by molar-refractivity contribution is 0.222. The minimum absolute atomic E-state index is 0.318. The molecule has 158 valence electrons. The summed E-state index contributed by atoms with van der Waals surface area (Å²) < 4.78 is 17.5. The number of rotatable bonds is 15. The fraction of sp³-hybridized carbons (Fsp3) is 0.739. The molecule has 0 aliphatic heterocycles. The number of unbranched alkanes of at least 4 members (excludes halogenated alkanes) is 2. The van der Waals surface area contributed by atoms with E-state index < -0.39 is 0 Å². The van der Waals surface area contributed by atoms with Crippen molar-refractivity contribution in [2.75, 3.05) is 20.3 Å². The van der Waals surface area contributed by atoms with Gasteiger partial charge in [0.25, 0.3) is 0 Å². The quantitative estimate of drug-likeness (QED) is 0.293. The molecule has 0 N–H and O–H groups in total. The van der Waals surface area contributed by atoms with Crippen LogP contribution in [0.5, 0.6) is 17.2 Å². The van der Waals surface area contributed by atoms with Crippen LogP contribution in [-0.4, -0.2) is 20.3 Å². The summed E-state index contributed by atoms with van der Waals surface area (Å²) in [6.07, 6.45) is 9.27. The molecule has 5 heteroatoms. The first-order valence-electron chi connectivity index (χ1n) is 11.0. The SMILES string of the molecule is CCCCC(CC)COc1cc(OC)c([N+]#N)c(OCC(CC)CCCC)c1. The van der Waals surface area contributed by atoms with Crippen molar-refractivity contribution in [1.82, 2.24) is 0 Å². The smallest absolute Gasteiger partial charge is 0.467 e. The van der Waals surface area contributed by atoms with E-state index >= 15 is 0 Å². The maximum Gasteiger partial charge on any atom is 0.467 e. The molecule has 0 heterocycles. The van der Waals surface area contributed by atoms with Crippen LogP contribution in [0.15, 0.2) is 12.1 Å². The minimum Gasteiger partial charge on any atom is -0.493 e. The van der Waals surface area contributed by atoms with Crippen molar-refractivity contribution in [1.29, 1.82) is 5.39 Å². The lowest BCUT2D eigenvalue weighted by Crippen LogP contribution is -2.13. The molecule has 0 bridgehead atoms. The van der Waals surface area contributed by atoms with Gasteiger partial charge in [0.15, 0.2) is 4.98 Å². The topological polar surface area (TPSA) is 55.8 Å². The maximum atomic E-state index is 9.46. The monoisotopic (exact) mass is 391 g/mol. The van der Waals surface area contributed by atoms with Crippen molar-refractivity contribution < 1.29 is 14.2 Å². The average molecular weight is 392 g/mol. The summed E-state index contributed by atoms with van der Waals surface area (Å²) in [6.45, 7) is 10.1. The predicted molar refractivity (Wildman–Crippen MR) is 115 cm³/mol. The zero-order valence-corrected chi connectivity index (χ0v) is 18.5. The molecule has 0 radical (unpaired) electrons. The van der Waals surface area contributed by atoms with Crippen LogP contribution < -0.4 is 14.2 Å². The Balaban J connectivity index is 2.89. The van der Waals surface area contributed by atoms with Crippen LogP contribution in [-0.2, 0) is 0 Å². The van der Waals surface area contributed by atoms with Gasteiger partial charge in [0, 0.05) is 12.1 Å². The van der Waals surface area contributed by atoms with E-state index in [1.165, 1.54) is 32.1 Å². The Hall–Kier alpha value is -1.96. The van der Waals surface area contributed by atoms with E-state index in [0.717, 1.165) is 19.3 Å². The zero-order chi connectivity index (χ0) is 20.8. The van der Waals surface area contributed by atoms with Crippen molar-refractivity contribution in [3.63, 3.8) is 0 Å². The first-order valence-corrected chi connectivity index (χ1v) is 11.0. The molecular formula is C23H39N2O3+. The fourth-order valence-corrected chi connectivity index (χ4v) is 3.22. The Morgan fingerprint density at radius 1 is 0.857 bits per heavy atom. The molecule has 1 aromatic carbocycles. The summed E-state index contributed by atoms with van der Waals surface area (Å²) in [5.74, 6) is 2.68. The number of nitrogens with zero attached hydrogens (tertiary/aromatic N) is 2. The summed E-state index contributed by atoms with van der Waals surface area (Å²) >= 11 is 0. The average Bonchev–Trinajstić information content (AvgIpc) is 2.73. The van der Waals surface area contributed by atoms with Crippen molar-refractivity contribution in [3.05, 3.63) is 17.1 Å². The molecule has 0 saturated heterocycles. The highest BCUT2D eigenvalue weighted by atomic mass is 16.5. The molecule has 1 aromatic rings. The molecule has 0 amide bonds. The van der Waals surface area contributed by atoms with Crippen LogP contribution in [0.1, 0.15) is 79.1 Å². The Labute approximate surface area is 171 Å². The van der Waals surface area contributed by atoms with E-state index in [9.17, 15) is 5.39 Å². The predicted octanol–water partition coefficient (Wildman–Crippen LogP) is 7.37. The molecular weight excluding hydrogens is 352 g/mol. The second kappa shape index (κ2) is 14.1. The van der Waals surface area contributed by atoms with Crippen molar-refractivity contribution in [3.8, 4) is 17.2 Å². The molecule has 28 heavy (non-hydrogen) atoms. The van der Waals surface area contributed by atoms with E-state index in [-0.39, 0.29) is 0 Å². The van der Waals surface area contributed by atoms with Crippen LogP contribution in [0.4, 0.5) is 5.69 Å². The van der Waals surface area contributed by atoms with Gasteiger partial charge in [-0.25, -0.2) is 0 Å². The lowest BCUT2D eigenvalue weighted by Gasteiger charge is -2.17. The third-order valence-corrected chi connectivity index (χ3v) is 5.38. The molecule has 5 nitrogen and oxygen atoms in total. The summed E-state index contributed by atoms with van der Waals surface area (Å²) in [5.41, 5.74) is 0.318. The fourth-order valence-electron chi connectivity index (χ4n) is 3.22. The van der Waals surface area contributed by atoms with Gasteiger partial charge >= 0.3 is 5.69 Å². The van der Waals surface area contributed by atoms with Gasteiger partial charge in [-0.05, 0) is 24.7 Å². The first-order chi connectivity index (χ1) is 13.6. The summed E-state index contributed by atoms with van der Waals surface area (Å²) in [7, 11) is 1.56. The van der Waals surface area contributed by atoms with E-state index in [4.69, 9.17) is 14.2 Å². The molecule has 0 aliphatic rings. The third kappa shape index (κ3) is 7.96. The molecule has 2 atom stereocenters. The Morgan fingerprint density at radius 2 is 1.39 bits per heavy atom. The number of diazo groups is 1. The molecule has 0 saturated carbocycles. The van der Waals surface area contributed by atoms with E-state index in [0.29, 0.717) is 48.0 Å². The number of hydrogen-bond donors (Lipinski definition) is 0. The summed E-state index contributed by atoms with van der Waals surface area (Å²) in [5, 5.41) is 9.46. The van der Waals surface area contributed by atoms with Crippen LogP contribution >= 0.6 is 0 Å². The van der Waals surface area contributed by atoms with E-state index in [1.807, 2.05) is 6.07 Å². The van der Waals surface area contributed by atoms with Gasteiger partial charge in [-0.3, -0.25) is 0 Å². The zero-order valence-electron chi connectivity index (χ0n) is 18.5. The molecule has 2 unspecified atom stereocenters. The number of methoxy groups -OCH3 is 1. The van der Waals surface area contributed by atoms with Crippen molar-refractivity contribution in [2.24, 2.45) is 11.8 Å². The summed E-state index contributed by atoms with van der Waals surface area (Å²) in [4.78, 5) is 3.39. The molecule has 1 rings (SSSR count). The van der Waals surface area contributed by atoms with Crippen LogP contribution in [0.2, 0.25) is 0 Å². The lowest BCUT2D eigenvalue weighted by atomic mass is 10.0. The second-order valence-electron chi connectivity index (χ2n) is 7.53. The van der Waals surface area contributed by atoms with Gasteiger partial charge in [0.05, 0.1) is 20.3 Å². The van der Waals surface area contributed by atoms with Gasteiger partial charge in [-0.1, -0.05) is 66.2 Å². The molecule has 0 aliphatic carbocycles. The van der Waals surface area contributed by atoms with Crippen LogP contribution in [0.25, 0.3) is 4.98 Å². The Kier molecular flexibility index (Phi) is 12.1. The molecule has 0 aromatic heterocycles. The Morgan fingerprint density at radius 3 is 1.86 bits per heavy atom. The van der Waals surface area contributed by atoms with Crippen LogP contribution in [0.3, 0.4) is 0 Å². The van der Waals surface area contributed by atoms with Gasteiger partial charge in [-0.15, -0.1) is 0 Å². The minimum atomic E-state index is 0.318. The third-order valence-electron chi connectivity index (χ3n) is 5.38. The number of ether oxygens (including phenoxy) is 3. The summed E-state index contributed by atoms with van der Waals surface area (Å²) in [6, 6.07) is 3.58.